The molecule has 1 heterocycles. The first-order valence-electron chi connectivity index (χ1n) is 11.8. The number of amides is 1. The molecule has 0 radical (unpaired) electrons. The molecule has 3 aromatic rings. The van der Waals surface area contributed by atoms with Crippen LogP contribution in [0, 0.1) is 6.92 Å². The lowest BCUT2D eigenvalue weighted by Crippen LogP contribution is -2.46. The molecule has 0 aliphatic heterocycles. The number of anilines is 1. The van der Waals surface area contributed by atoms with E-state index in [2.05, 4.69) is 20.2 Å². The smallest absolute Gasteiger partial charge is 0.261 e. The summed E-state index contributed by atoms with van der Waals surface area (Å²) in [5.41, 5.74) is 0.0699. The maximum Gasteiger partial charge on any atom is 0.261 e. The highest BCUT2D eigenvalue weighted by Crippen LogP contribution is 2.35. The maximum atomic E-state index is 13.2. The molecular formula is C25H30N4O5S. The van der Waals surface area contributed by atoms with Crippen LogP contribution in [0.2, 0.25) is 0 Å². The van der Waals surface area contributed by atoms with E-state index in [1.807, 2.05) is 6.92 Å². The monoisotopic (exact) mass is 498 g/mol. The Bertz CT molecular complexity index is 1250. The first-order chi connectivity index (χ1) is 16.8. The lowest BCUT2D eigenvalue weighted by Gasteiger charge is -2.30. The van der Waals surface area contributed by atoms with Crippen LogP contribution in [-0.2, 0) is 15.6 Å². The van der Waals surface area contributed by atoms with Crippen molar-refractivity contribution in [2.75, 3.05) is 11.3 Å². The fraction of sp³-hybridized carbons (Fsp3) is 0.400. The molecule has 2 N–H and O–H groups in total. The Labute approximate surface area is 205 Å². The van der Waals surface area contributed by atoms with Gasteiger partial charge >= 0.3 is 0 Å². The molecule has 4 rings (SSSR count). The number of ether oxygens (including phenoxy) is 1. The van der Waals surface area contributed by atoms with Crippen molar-refractivity contribution in [2.24, 2.45) is 0 Å². The largest absolute Gasteiger partial charge is 0.494 e. The zero-order chi connectivity index (χ0) is 24.9. The number of aryl methyl sites for hydroxylation is 1. The number of benzene rings is 2. The normalized spacial score (nSPS) is 15.7. The van der Waals surface area contributed by atoms with Gasteiger partial charge in [0.2, 0.25) is 5.89 Å². The van der Waals surface area contributed by atoms with Crippen LogP contribution in [0.4, 0.5) is 5.69 Å². The second-order valence-electron chi connectivity index (χ2n) is 8.67. The van der Waals surface area contributed by atoms with E-state index in [0.717, 1.165) is 38.5 Å². The molecule has 2 aromatic carbocycles. The Morgan fingerprint density at radius 3 is 2.26 bits per heavy atom. The number of carbonyl (C=O) groups is 1. The van der Waals surface area contributed by atoms with Crippen molar-refractivity contribution in [3.63, 3.8) is 0 Å². The molecule has 186 valence electrons. The van der Waals surface area contributed by atoms with Gasteiger partial charge in [0.1, 0.15) is 11.3 Å². The van der Waals surface area contributed by atoms with Crippen molar-refractivity contribution in [1.82, 2.24) is 15.5 Å². The Hall–Kier alpha value is -3.40. The Kier molecular flexibility index (Phi) is 7.39. The Balaban J connectivity index is 1.49. The van der Waals surface area contributed by atoms with Crippen LogP contribution >= 0.6 is 0 Å². The number of hydrogen-bond acceptors (Lipinski definition) is 7. The van der Waals surface area contributed by atoms with Crippen LogP contribution in [0.3, 0.4) is 0 Å². The van der Waals surface area contributed by atoms with Gasteiger partial charge in [0.15, 0.2) is 5.82 Å². The standard InChI is InChI=1S/C25H30N4O5S/c1-3-33-21-12-10-20(11-13-21)29-35(31,32)22-14-8-19(9-15-22)23(30)27-25(16-6-4-5-7-17-25)24-26-18(2)34-28-24/h8-15,29H,3-7,16-17H2,1-2H3,(H,27,30). The van der Waals surface area contributed by atoms with Crippen molar-refractivity contribution in [1.29, 1.82) is 0 Å². The maximum absolute atomic E-state index is 13.2. The summed E-state index contributed by atoms with van der Waals surface area (Å²) < 4.78 is 38.8. The summed E-state index contributed by atoms with van der Waals surface area (Å²) in [6, 6.07) is 12.5. The molecule has 1 amide bonds. The van der Waals surface area contributed by atoms with Gasteiger partial charge in [-0.15, -0.1) is 0 Å². The average molecular weight is 499 g/mol. The highest BCUT2D eigenvalue weighted by Gasteiger charge is 2.39. The Morgan fingerprint density at radius 2 is 1.69 bits per heavy atom. The van der Waals surface area contributed by atoms with Gasteiger partial charge in [-0.25, -0.2) is 8.42 Å². The summed E-state index contributed by atoms with van der Waals surface area (Å²) in [5, 5.41) is 7.24. The second kappa shape index (κ2) is 10.5. The van der Waals surface area contributed by atoms with Crippen LogP contribution in [0.5, 0.6) is 5.75 Å². The third-order valence-electron chi connectivity index (χ3n) is 6.11. The predicted octanol–water partition coefficient (Wildman–Crippen LogP) is 4.56. The molecular weight excluding hydrogens is 468 g/mol. The topological polar surface area (TPSA) is 123 Å². The minimum absolute atomic E-state index is 0.0564. The van der Waals surface area contributed by atoms with Crippen molar-refractivity contribution < 1.29 is 22.5 Å². The van der Waals surface area contributed by atoms with Gasteiger partial charge in [-0.05, 0) is 68.3 Å². The molecule has 1 fully saturated rings. The summed E-state index contributed by atoms with van der Waals surface area (Å²) in [4.78, 5) is 17.6. The van der Waals surface area contributed by atoms with E-state index in [1.54, 1.807) is 31.2 Å². The quantitative estimate of drug-likeness (QED) is 0.437. The van der Waals surface area contributed by atoms with E-state index in [9.17, 15) is 13.2 Å². The molecule has 0 saturated heterocycles. The van der Waals surface area contributed by atoms with Crippen LogP contribution in [0.15, 0.2) is 57.9 Å². The van der Waals surface area contributed by atoms with Crippen molar-refractivity contribution >= 4 is 21.6 Å². The number of hydrogen-bond donors (Lipinski definition) is 2. The number of carbonyl (C=O) groups excluding carboxylic acids is 1. The first-order valence-corrected chi connectivity index (χ1v) is 13.3. The summed E-state index contributed by atoms with van der Waals surface area (Å²) >= 11 is 0. The highest BCUT2D eigenvalue weighted by molar-refractivity contribution is 7.92. The van der Waals surface area contributed by atoms with Gasteiger partial charge in [-0.1, -0.05) is 30.8 Å². The van der Waals surface area contributed by atoms with Crippen molar-refractivity contribution in [3.8, 4) is 5.75 Å². The molecule has 10 heteroatoms. The molecule has 0 bridgehead atoms. The lowest BCUT2D eigenvalue weighted by molar-refractivity contribution is 0.0876. The Morgan fingerprint density at radius 1 is 1.03 bits per heavy atom. The average Bonchev–Trinajstić information content (AvgIpc) is 3.15. The minimum Gasteiger partial charge on any atom is -0.494 e. The van der Waals surface area contributed by atoms with E-state index in [4.69, 9.17) is 9.26 Å². The summed E-state index contributed by atoms with van der Waals surface area (Å²) in [5.74, 6) is 1.29. The van der Waals surface area contributed by atoms with Gasteiger partial charge in [0, 0.05) is 18.2 Å². The zero-order valence-corrected chi connectivity index (χ0v) is 20.7. The van der Waals surface area contributed by atoms with Crippen molar-refractivity contribution in [2.45, 2.75) is 62.8 Å². The van der Waals surface area contributed by atoms with Crippen LogP contribution in [0.1, 0.15) is 67.5 Å². The molecule has 0 unspecified atom stereocenters. The van der Waals surface area contributed by atoms with Gasteiger partial charge in [0.05, 0.1) is 11.5 Å². The number of nitrogens with one attached hydrogen (secondary N) is 2. The first kappa shape index (κ1) is 24.7. The van der Waals surface area contributed by atoms with Crippen LogP contribution in [0.25, 0.3) is 0 Å². The van der Waals surface area contributed by atoms with E-state index < -0.39 is 15.6 Å². The van der Waals surface area contributed by atoms with E-state index in [0.29, 0.717) is 35.3 Å². The van der Waals surface area contributed by atoms with Crippen LogP contribution in [-0.4, -0.2) is 31.1 Å². The zero-order valence-electron chi connectivity index (χ0n) is 19.9. The third-order valence-corrected chi connectivity index (χ3v) is 7.51. The minimum atomic E-state index is -3.82. The molecule has 35 heavy (non-hydrogen) atoms. The molecule has 0 atom stereocenters. The third kappa shape index (κ3) is 5.82. The molecule has 1 aliphatic rings. The van der Waals surface area contributed by atoms with E-state index in [1.165, 1.54) is 24.3 Å². The van der Waals surface area contributed by atoms with Gasteiger partial charge in [0.25, 0.3) is 15.9 Å². The number of sulfonamides is 1. The van der Waals surface area contributed by atoms with Crippen molar-refractivity contribution in [3.05, 3.63) is 65.8 Å². The summed E-state index contributed by atoms with van der Waals surface area (Å²) in [6.45, 7) is 4.13. The lowest BCUT2D eigenvalue weighted by atomic mass is 9.88. The molecule has 0 spiro atoms. The fourth-order valence-electron chi connectivity index (χ4n) is 4.31. The molecule has 9 nitrogen and oxygen atoms in total. The molecule has 1 aromatic heterocycles. The number of nitrogens with zero attached hydrogens (tertiary/aromatic N) is 2. The fourth-order valence-corrected chi connectivity index (χ4v) is 5.36. The van der Waals surface area contributed by atoms with Crippen LogP contribution < -0.4 is 14.8 Å². The summed E-state index contributed by atoms with van der Waals surface area (Å²) in [6.07, 6.45) is 5.50. The number of rotatable bonds is 8. The van der Waals surface area contributed by atoms with E-state index in [-0.39, 0.29) is 10.8 Å². The second-order valence-corrected chi connectivity index (χ2v) is 10.4. The highest BCUT2D eigenvalue weighted by atomic mass is 32.2. The van der Waals surface area contributed by atoms with E-state index >= 15 is 0 Å². The predicted molar refractivity (Wildman–Crippen MR) is 131 cm³/mol. The number of aromatic nitrogens is 2. The SMILES string of the molecule is CCOc1ccc(NS(=O)(=O)c2ccc(C(=O)NC3(c4noc(C)n4)CCCCCC3)cc2)cc1. The molecule has 1 saturated carbocycles. The van der Waals surface area contributed by atoms with Gasteiger partial charge in [-0.2, -0.15) is 4.98 Å². The summed E-state index contributed by atoms with van der Waals surface area (Å²) in [7, 11) is -3.82. The van der Waals surface area contributed by atoms with Gasteiger partial charge in [-0.3, -0.25) is 9.52 Å². The molecule has 1 aliphatic carbocycles. The van der Waals surface area contributed by atoms with Gasteiger partial charge < -0.3 is 14.6 Å².